The number of hydrogen-bond donors (Lipinski definition) is 1. The molecule has 0 saturated heterocycles. The zero-order chi connectivity index (χ0) is 11.5. The first kappa shape index (κ1) is 11.0. The van der Waals surface area contributed by atoms with Crippen molar-refractivity contribution in [3.05, 3.63) is 40.2 Å². The second-order valence-electron chi connectivity index (χ2n) is 3.59. The van der Waals surface area contributed by atoms with E-state index in [-0.39, 0.29) is 11.8 Å². The average Bonchev–Trinajstić information content (AvgIpc) is 2.86. The van der Waals surface area contributed by atoms with E-state index in [1.54, 1.807) is 24.0 Å². The van der Waals surface area contributed by atoms with E-state index in [1.165, 1.54) is 11.3 Å². The molecule has 0 aromatic carbocycles. The molecule has 1 unspecified atom stereocenters. The highest BCUT2D eigenvalue weighted by molar-refractivity contribution is 7.09. The predicted molar refractivity (Wildman–Crippen MR) is 61.5 cm³/mol. The highest BCUT2D eigenvalue weighted by Gasteiger charge is 2.13. The van der Waals surface area contributed by atoms with Gasteiger partial charge in [-0.1, -0.05) is 0 Å². The van der Waals surface area contributed by atoms with E-state index in [0.717, 1.165) is 10.6 Å². The normalized spacial score (nSPS) is 12.6. The van der Waals surface area contributed by atoms with Crippen molar-refractivity contribution in [1.82, 2.24) is 4.98 Å². The Labute approximate surface area is 97.1 Å². The Morgan fingerprint density at radius 3 is 3.06 bits per heavy atom. The van der Waals surface area contributed by atoms with Crippen molar-refractivity contribution < 1.29 is 9.21 Å². The lowest BCUT2D eigenvalue weighted by molar-refractivity contribution is 0.0988. The van der Waals surface area contributed by atoms with Gasteiger partial charge >= 0.3 is 0 Å². The summed E-state index contributed by atoms with van der Waals surface area (Å²) in [5.41, 5.74) is 7.03. The van der Waals surface area contributed by atoms with Gasteiger partial charge in [0, 0.05) is 11.8 Å². The van der Waals surface area contributed by atoms with Crippen LogP contribution in [0.1, 0.15) is 34.0 Å². The summed E-state index contributed by atoms with van der Waals surface area (Å²) >= 11 is 1.42. The number of nitrogens with two attached hydrogens (primary N) is 1. The molecule has 84 valence electrons. The van der Waals surface area contributed by atoms with E-state index >= 15 is 0 Å². The van der Waals surface area contributed by atoms with Gasteiger partial charge in [0.2, 0.25) is 0 Å². The zero-order valence-corrected chi connectivity index (χ0v) is 9.66. The number of thiazole rings is 1. The minimum Gasteiger partial charge on any atom is -0.472 e. The van der Waals surface area contributed by atoms with Crippen LogP contribution >= 0.6 is 11.3 Å². The number of furan rings is 1. The number of nitrogens with zero attached hydrogens (tertiary/aromatic N) is 1. The van der Waals surface area contributed by atoms with E-state index in [4.69, 9.17) is 10.2 Å². The molecule has 0 bridgehead atoms. The molecule has 0 spiro atoms. The molecule has 5 heteroatoms. The highest BCUT2D eigenvalue weighted by Crippen LogP contribution is 2.17. The molecule has 16 heavy (non-hydrogen) atoms. The number of carbonyl (C=O) groups excluding carboxylic acids is 1. The maximum absolute atomic E-state index is 11.8. The topological polar surface area (TPSA) is 69.1 Å². The van der Waals surface area contributed by atoms with Crippen LogP contribution in [0.3, 0.4) is 0 Å². The molecule has 0 radical (unpaired) electrons. The Morgan fingerprint density at radius 2 is 2.50 bits per heavy atom. The second-order valence-corrected chi connectivity index (χ2v) is 4.48. The smallest absolute Gasteiger partial charge is 0.186 e. The van der Waals surface area contributed by atoms with Crippen LogP contribution < -0.4 is 5.73 Å². The quantitative estimate of drug-likeness (QED) is 0.826. The fraction of sp³-hybridized carbons (Fsp3) is 0.273. The molecule has 2 heterocycles. The molecule has 0 saturated carbocycles. The monoisotopic (exact) mass is 236 g/mol. The lowest BCUT2D eigenvalue weighted by atomic mass is 10.1. The van der Waals surface area contributed by atoms with E-state index in [2.05, 4.69) is 4.98 Å². The van der Waals surface area contributed by atoms with Crippen molar-refractivity contribution >= 4 is 17.1 Å². The number of hydrogen-bond acceptors (Lipinski definition) is 5. The summed E-state index contributed by atoms with van der Waals surface area (Å²) in [6, 6.07) is 1.65. The van der Waals surface area contributed by atoms with Gasteiger partial charge in [0.25, 0.3) is 0 Å². The van der Waals surface area contributed by atoms with Gasteiger partial charge in [0.05, 0.1) is 18.6 Å². The van der Waals surface area contributed by atoms with E-state index in [9.17, 15) is 4.79 Å². The molecule has 2 N–H and O–H groups in total. The van der Waals surface area contributed by atoms with Gasteiger partial charge in [-0.2, -0.15) is 0 Å². The Kier molecular flexibility index (Phi) is 3.17. The molecular formula is C11H12N2O2S. The molecule has 2 aromatic heterocycles. The first-order valence-electron chi connectivity index (χ1n) is 4.92. The van der Waals surface area contributed by atoms with E-state index in [1.807, 2.05) is 6.92 Å². The molecule has 0 aliphatic rings. The van der Waals surface area contributed by atoms with Crippen LogP contribution in [0, 0.1) is 0 Å². The number of carbonyl (C=O) groups is 1. The van der Waals surface area contributed by atoms with E-state index in [0.29, 0.717) is 12.1 Å². The molecule has 4 nitrogen and oxygen atoms in total. The van der Waals surface area contributed by atoms with Crippen molar-refractivity contribution in [3.63, 3.8) is 0 Å². The Balaban J connectivity index is 2.09. The van der Waals surface area contributed by atoms with Crippen LogP contribution in [-0.2, 0) is 6.42 Å². The van der Waals surface area contributed by atoms with Crippen molar-refractivity contribution in [2.45, 2.75) is 19.4 Å². The number of ketones is 1. The van der Waals surface area contributed by atoms with E-state index < -0.39 is 0 Å². The molecule has 0 amide bonds. The van der Waals surface area contributed by atoms with Crippen molar-refractivity contribution in [2.24, 2.45) is 5.73 Å². The summed E-state index contributed by atoms with van der Waals surface area (Å²) in [5, 5.41) is 2.54. The largest absolute Gasteiger partial charge is 0.472 e. The summed E-state index contributed by atoms with van der Waals surface area (Å²) in [7, 11) is 0. The predicted octanol–water partition coefficient (Wildman–Crippen LogP) is 2.18. The molecule has 0 fully saturated rings. The van der Waals surface area contributed by atoms with Gasteiger partial charge in [-0.15, -0.1) is 11.3 Å². The molecular weight excluding hydrogens is 224 g/mol. The van der Waals surface area contributed by atoms with Gasteiger partial charge in [-0.05, 0) is 18.6 Å². The highest BCUT2D eigenvalue weighted by atomic mass is 32.1. The number of rotatable bonds is 4. The maximum atomic E-state index is 11.8. The van der Waals surface area contributed by atoms with Gasteiger partial charge in [0.15, 0.2) is 5.78 Å². The molecule has 0 aliphatic heterocycles. The first-order valence-corrected chi connectivity index (χ1v) is 5.80. The molecule has 2 rings (SSSR count). The zero-order valence-electron chi connectivity index (χ0n) is 8.84. The van der Waals surface area contributed by atoms with Crippen LogP contribution in [0.5, 0.6) is 0 Å². The fourth-order valence-electron chi connectivity index (χ4n) is 1.29. The summed E-state index contributed by atoms with van der Waals surface area (Å²) in [4.78, 5) is 16.0. The number of aromatic nitrogens is 1. The molecule has 1 atom stereocenters. The maximum Gasteiger partial charge on any atom is 0.186 e. The number of Topliss-reactive ketones (excluding diaryl/α,β-unsaturated/α-hetero) is 1. The third kappa shape index (κ3) is 2.37. The van der Waals surface area contributed by atoms with Crippen molar-refractivity contribution in [2.75, 3.05) is 0 Å². The summed E-state index contributed by atoms with van der Waals surface area (Å²) in [6.45, 7) is 1.85. The van der Waals surface area contributed by atoms with Crippen LogP contribution in [0.2, 0.25) is 0 Å². The molecule has 2 aromatic rings. The minimum atomic E-state index is -0.125. The van der Waals surface area contributed by atoms with Crippen LogP contribution in [-0.4, -0.2) is 10.8 Å². The third-order valence-electron chi connectivity index (χ3n) is 2.14. The summed E-state index contributed by atoms with van der Waals surface area (Å²) in [6.07, 6.45) is 3.44. The van der Waals surface area contributed by atoms with Gasteiger partial charge < -0.3 is 10.2 Å². The fourth-order valence-corrected chi connectivity index (χ4v) is 2.08. The van der Waals surface area contributed by atoms with Crippen LogP contribution in [0.25, 0.3) is 0 Å². The summed E-state index contributed by atoms with van der Waals surface area (Å²) in [5.74, 6) is -0.00968. The van der Waals surface area contributed by atoms with Gasteiger partial charge in [0.1, 0.15) is 10.7 Å². The standard InChI is InChI=1S/C11H12N2O2S/c1-7(12)11-13-9(6-16-11)10(14)4-8-2-3-15-5-8/h2-3,5-7H,4,12H2,1H3. The van der Waals surface area contributed by atoms with Crippen LogP contribution in [0.15, 0.2) is 28.4 Å². The third-order valence-corrected chi connectivity index (χ3v) is 3.19. The Bertz CT molecular complexity index is 474. The van der Waals surface area contributed by atoms with Crippen molar-refractivity contribution in [3.8, 4) is 0 Å². The lowest BCUT2D eigenvalue weighted by Crippen LogP contribution is -2.07. The summed E-state index contributed by atoms with van der Waals surface area (Å²) < 4.78 is 4.90. The second kappa shape index (κ2) is 4.59. The van der Waals surface area contributed by atoms with Crippen LogP contribution in [0.4, 0.5) is 0 Å². The average molecular weight is 236 g/mol. The molecule has 0 aliphatic carbocycles. The van der Waals surface area contributed by atoms with Gasteiger partial charge in [-0.3, -0.25) is 4.79 Å². The Hall–Kier alpha value is -1.46. The SMILES string of the molecule is CC(N)c1nc(C(=O)Cc2ccoc2)cs1. The van der Waals surface area contributed by atoms with Gasteiger partial charge in [-0.25, -0.2) is 4.98 Å². The van der Waals surface area contributed by atoms with Crippen molar-refractivity contribution in [1.29, 1.82) is 0 Å². The Morgan fingerprint density at radius 1 is 1.69 bits per heavy atom. The lowest BCUT2D eigenvalue weighted by Gasteiger charge is -1.97. The minimum absolute atomic E-state index is 0.00968. The first-order chi connectivity index (χ1) is 7.66.